The van der Waals surface area contributed by atoms with Gasteiger partial charge in [0.25, 0.3) is 0 Å². The molecule has 0 aliphatic heterocycles. The van der Waals surface area contributed by atoms with Crippen LogP contribution in [0, 0.1) is 0 Å². The summed E-state index contributed by atoms with van der Waals surface area (Å²) < 4.78 is 7.00. The third kappa shape index (κ3) is 2.15. The second-order valence-electron chi connectivity index (χ2n) is 4.29. The van der Waals surface area contributed by atoms with E-state index in [-0.39, 0.29) is 6.04 Å². The predicted molar refractivity (Wildman–Crippen MR) is 73.5 cm³/mol. The SMILES string of the molecule is C=C(OC)C1=CC=c2c(c(Cl)nn2C(C)C)=C=C1. The van der Waals surface area contributed by atoms with Crippen molar-refractivity contribution in [2.45, 2.75) is 19.9 Å². The normalized spacial score (nSPS) is 13.3. The molecule has 0 bridgehead atoms. The summed E-state index contributed by atoms with van der Waals surface area (Å²) in [7, 11) is 1.60. The first-order chi connectivity index (χ1) is 8.54. The fourth-order valence-corrected chi connectivity index (χ4v) is 2.00. The van der Waals surface area contributed by atoms with Gasteiger partial charge < -0.3 is 4.74 Å². The molecule has 2 rings (SSSR count). The Morgan fingerprint density at radius 2 is 2.22 bits per heavy atom. The number of ether oxygens (including phenoxy) is 1. The van der Waals surface area contributed by atoms with Crippen molar-refractivity contribution in [1.29, 1.82) is 0 Å². The number of hydrogen-bond acceptors (Lipinski definition) is 2. The van der Waals surface area contributed by atoms with Crippen molar-refractivity contribution < 1.29 is 4.74 Å². The lowest BCUT2D eigenvalue weighted by molar-refractivity contribution is 0.305. The van der Waals surface area contributed by atoms with Gasteiger partial charge in [0.1, 0.15) is 5.76 Å². The largest absolute Gasteiger partial charge is 0.497 e. The standard InChI is InChI=1S/C14H15ClN2O/c1-9(2)17-13-8-6-11(10(3)18-4)5-7-12(13)14(15)16-17/h5-6,8-9H,3H2,1-2,4H3. The predicted octanol–water partition coefficient (Wildman–Crippen LogP) is 1.93. The fourth-order valence-electron chi connectivity index (χ4n) is 1.76. The summed E-state index contributed by atoms with van der Waals surface area (Å²) in [6.07, 6.45) is 5.71. The summed E-state index contributed by atoms with van der Waals surface area (Å²) >= 11 is 6.13. The topological polar surface area (TPSA) is 27.1 Å². The van der Waals surface area contributed by atoms with Crippen molar-refractivity contribution in [3.63, 3.8) is 0 Å². The smallest absolute Gasteiger partial charge is 0.166 e. The van der Waals surface area contributed by atoms with Crippen LogP contribution in [0.5, 0.6) is 0 Å². The van der Waals surface area contributed by atoms with E-state index in [4.69, 9.17) is 16.3 Å². The van der Waals surface area contributed by atoms with E-state index in [2.05, 4.69) is 31.3 Å². The molecule has 0 fully saturated rings. The van der Waals surface area contributed by atoms with Crippen molar-refractivity contribution in [3.8, 4) is 0 Å². The summed E-state index contributed by atoms with van der Waals surface area (Å²) in [5.74, 6) is 0.601. The van der Waals surface area contributed by atoms with Crippen LogP contribution in [0.3, 0.4) is 0 Å². The number of aromatic nitrogens is 2. The van der Waals surface area contributed by atoms with E-state index in [1.54, 1.807) is 7.11 Å². The molecule has 1 aromatic heterocycles. The Balaban J connectivity index is 2.70. The van der Waals surface area contributed by atoms with Crippen LogP contribution in [-0.4, -0.2) is 16.9 Å². The van der Waals surface area contributed by atoms with Gasteiger partial charge in [-0.2, -0.15) is 5.10 Å². The highest BCUT2D eigenvalue weighted by atomic mass is 35.5. The Kier molecular flexibility index (Phi) is 3.46. The first-order valence-electron chi connectivity index (χ1n) is 5.70. The third-order valence-electron chi connectivity index (χ3n) is 2.76. The van der Waals surface area contributed by atoms with Crippen molar-refractivity contribution in [2.24, 2.45) is 0 Å². The monoisotopic (exact) mass is 262 g/mol. The third-order valence-corrected chi connectivity index (χ3v) is 3.02. The van der Waals surface area contributed by atoms with Crippen LogP contribution in [0.4, 0.5) is 0 Å². The number of hydrogen-bond donors (Lipinski definition) is 0. The lowest BCUT2D eigenvalue weighted by Gasteiger charge is -2.04. The van der Waals surface area contributed by atoms with Crippen LogP contribution in [0.2, 0.25) is 5.15 Å². The quantitative estimate of drug-likeness (QED) is 0.779. The molecule has 18 heavy (non-hydrogen) atoms. The van der Waals surface area contributed by atoms with Crippen LogP contribution in [0.1, 0.15) is 19.9 Å². The minimum absolute atomic E-state index is 0.241. The van der Waals surface area contributed by atoms with Crippen LogP contribution in [0.15, 0.2) is 30.1 Å². The van der Waals surface area contributed by atoms with Crippen molar-refractivity contribution in [2.75, 3.05) is 7.11 Å². The minimum Gasteiger partial charge on any atom is -0.497 e. The number of halogens is 1. The van der Waals surface area contributed by atoms with Gasteiger partial charge in [0.05, 0.1) is 17.7 Å². The molecule has 0 N–H and O–H groups in total. The number of methoxy groups -OCH3 is 1. The zero-order valence-corrected chi connectivity index (χ0v) is 11.5. The molecule has 1 aliphatic rings. The Morgan fingerprint density at radius 3 is 2.83 bits per heavy atom. The van der Waals surface area contributed by atoms with E-state index >= 15 is 0 Å². The van der Waals surface area contributed by atoms with E-state index < -0.39 is 0 Å². The van der Waals surface area contributed by atoms with Gasteiger partial charge in [-0.1, -0.05) is 18.2 Å². The average Bonchev–Trinajstić information content (AvgIpc) is 2.53. The van der Waals surface area contributed by atoms with Gasteiger partial charge in [-0.05, 0) is 32.1 Å². The maximum atomic E-state index is 6.13. The van der Waals surface area contributed by atoms with Crippen molar-refractivity contribution in [3.05, 3.63) is 45.8 Å². The van der Waals surface area contributed by atoms with Gasteiger partial charge in [0, 0.05) is 11.6 Å². The molecule has 1 aromatic rings. The second-order valence-corrected chi connectivity index (χ2v) is 4.65. The Hall–Kier alpha value is -1.70. The van der Waals surface area contributed by atoms with Gasteiger partial charge in [0.15, 0.2) is 5.15 Å². The number of nitrogens with zero attached hydrogens (tertiary/aromatic N) is 2. The zero-order chi connectivity index (χ0) is 13.3. The highest BCUT2D eigenvalue weighted by Crippen LogP contribution is 2.11. The first-order valence-corrected chi connectivity index (χ1v) is 6.08. The molecular weight excluding hydrogens is 248 g/mol. The number of allylic oxidation sites excluding steroid dienone is 2. The number of rotatable bonds is 3. The molecule has 4 heteroatoms. The lowest BCUT2D eigenvalue weighted by Crippen LogP contribution is -2.29. The molecule has 0 saturated carbocycles. The zero-order valence-electron chi connectivity index (χ0n) is 10.7. The Bertz CT molecular complexity index is 673. The lowest BCUT2D eigenvalue weighted by atomic mass is 10.2. The molecular formula is C14H15ClN2O. The molecule has 1 aliphatic carbocycles. The van der Waals surface area contributed by atoms with E-state index in [9.17, 15) is 0 Å². The highest BCUT2D eigenvalue weighted by Gasteiger charge is 2.09. The fraction of sp³-hybridized carbons (Fsp3) is 0.286. The molecule has 3 nitrogen and oxygen atoms in total. The van der Waals surface area contributed by atoms with E-state index in [1.165, 1.54) is 0 Å². The van der Waals surface area contributed by atoms with Gasteiger partial charge >= 0.3 is 0 Å². The van der Waals surface area contributed by atoms with Crippen LogP contribution < -0.4 is 10.6 Å². The summed E-state index contributed by atoms with van der Waals surface area (Å²) in [4.78, 5) is 0. The molecule has 94 valence electrons. The molecule has 0 saturated heterocycles. The highest BCUT2D eigenvalue weighted by molar-refractivity contribution is 6.29. The van der Waals surface area contributed by atoms with Gasteiger partial charge in [-0.15, -0.1) is 5.73 Å². The Morgan fingerprint density at radius 1 is 1.50 bits per heavy atom. The van der Waals surface area contributed by atoms with Crippen molar-refractivity contribution in [1.82, 2.24) is 9.78 Å². The molecule has 1 heterocycles. The molecule has 0 aromatic carbocycles. The molecule has 0 radical (unpaired) electrons. The second kappa shape index (κ2) is 4.89. The molecule has 0 spiro atoms. The van der Waals surface area contributed by atoms with Gasteiger partial charge in [-0.3, -0.25) is 4.68 Å². The summed E-state index contributed by atoms with van der Waals surface area (Å²) in [6, 6.07) is 0.241. The first kappa shape index (κ1) is 12.7. The number of fused-ring (bicyclic) bond motifs is 1. The molecule has 0 unspecified atom stereocenters. The average molecular weight is 263 g/mol. The van der Waals surface area contributed by atoms with Crippen molar-refractivity contribution >= 4 is 23.4 Å². The van der Waals surface area contributed by atoms with E-state index in [0.717, 1.165) is 16.1 Å². The van der Waals surface area contributed by atoms with Crippen LogP contribution in [-0.2, 0) is 4.74 Å². The summed E-state index contributed by atoms with van der Waals surface area (Å²) in [5, 5.41) is 6.53. The Labute approximate surface area is 111 Å². The maximum absolute atomic E-state index is 6.13. The van der Waals surface area contributed by atoms with Crippen LogP contribution in [0.25, 0.3) is 11.8 Å². The van der Waals surface area contributed by atoms with Crippen LogP contribution >= 0.6 is 11.6 Å². The molecule has 0 amide bonds. The van der Waals surface area contributed by atoms with E-state index in [0.29, 0.717) is 10.9 Å². The van der Waals surface area contributed by atoms with E-state index in [1.807, 2.05) is 22.9 Å². The summed E-state index contributed by atoms with van der Waals surface area (Å²) in [6.45, 7) is 7.95. The van der Waals surface area contributed by atoms with Gasteiger partial charge in [-0.25, -0.2) is 0 Å². The maximum Gasteiger partial charge on any atom is 0.166 e. The minimum atomic E-state index is 0.241. The summed E-state index contributed by atoms with van der Waals surface area (Å²) in [5.41, 5.74) is 4.03. The van der Waals surface area contributed by atoms with Gasteiger partial charge in [0.2, 0.25) is 0 Å². The molecule has 0 atom stereocenters.